The number of nitrogens with one attached hydrogen (secondary N) is 1. The van der Waals surface area contributed by atoms with Crippen molar-refractivity contribution in [1.82, 2.24) is 20.2 Å². The van der Waals surface area contributed by atoms with Crippen LogP contribution in [-0.2, 0) is 6.54 Å². The Morgan fingerprint density at radius 2 is 1.54 bits per heavy atom. The van der Waals surface area contributed by atoms with E-state index in [1.165, 1.54) is 31.5 Å². The molecule has 0 radical (unpaired) electrons. The van der Waals surface area contributed by atoms with E-state index in [0.717, 1.165) is 46.9 Å². The van der Waals surface area contributed by atoms with Crippen LogP contribution in [0.3, 0.4) is 0 Å². The Labute approximate surface area is 171 Å². The van der Waals surface area contributed by atoms with Crippen LogP contribution < -0.4 is 5.32 Å². The first kappa shape index (κ1) is 19.8. The van der Waals surface area contributed by atoms with Gasteiger partial charge in [-0.3, -0.25) is 4.90 Å². The van der Waals surface area contributed by atoms with Gasteiger partial charge in [0, 0.05) is 47.2 Å². The molecule has 0 saturated carbocycles. The van der Waals surface area contributed by atoms with Crippen LogP contribution in [0.2, 0.25) is 5.02 Å². The lowest BCUT2D eigenvalue weighted by Gasteiger charge is -2.24. The molecule has 1 N–H and O–H groups in total. The molecule has 5 rings (SSSR count). The summed E-state index contributed by atoms with van der Waals surface area (Å²) in [6.45, 7) is 3.39. The summed E-state index contributed by atoms with van der Waals surface area (Å²) in [5, 5.41) is 4.31. The van der Waals surface area contributed by atoms with Gasteiger partial charge in [0.15, 0.2) is 5.82 Å². The summed E-state index contributed by atoms with van der Waals surface area (Å²) in [6, 6.07) is 9.20. The van der Waals surface area contributed by atoms with Gasteiger partial charge in [0.25, 0.3) is 0 Å². The molecule has 140 valence electrons. The van der Waals surface area contributed by atoms with Crippen LogP contribution in [0.4, 0.5) is 0 Å². The van der Waals surface area contributed by atoms with E-state index in [1.807, 2.05) is 36.7 Å². The Hall–Kier alpha value is -0.910. The highest BCUT2D eigenvalue weighted by Crippen LogP contribution is 2.47. The monoisotopic (exact) mass is 412 g/mol. The molecule has 1 aromatic carbocycles. The molecule has 3 fully saturated rings. The number of benzene rings is 1. The lowest BCUT2D eigenvalue weighted by atomic mass is 9.82. The zero-order chi connectivity index (χ0) is 16.1. The molecule has 26 heavy (non-hydrogen) atoms. The predicted octanol–water partition coefficient (Wildman–Crippen LogP) is 3.82. The van der Waals surface area contributed by atoms with Crippen LogP contribution in [-0.4, -0.2) is 40.0 Å². The van der Waals surface area contributed by atoms with E-state index in [2.05, 4.69) is 20.2 Å². The standard InChI is InChI=1S/C19H21ClN4.2ClH/c20-14-3-1-13(2-4-14)19-22-7-12(8-23-19)11-24-17-5-6-18(24)16-10-21-9-15(16)17;;/h1-4,7-8,15-18,21H,5-6,9-11H2;2*1H/t15-,16+,17-,18+;;. The maximum atomic E-state index is 5.94. The van der Waals surface area contributed by atoms with Crippen molar-refractivity contribution in [2.45, 2.75) is 31.5 Å². The van der Waals surface area contributed by atoms with Crippen molar-refractivity contribution < 1.29 is 0 Å². The minimum absolute atomic E-state index is 0. The highest BCUT2D eigenvalue weighted by molar-refractivity contribution is 6.30. The van der Waals surface area contributed by atoms with Crippen molar-refractivity contribution in [3.8, 4) is 11.4 Å². The highest BCUT2D eigenvalue weighted by atomic mass is 35.5. The van der Waals surface area contributed by atoms with Gasteiger partial charge in [0.2, 0.25) is 0 Å². The van der Waals surface area contributed by atoms with Gasteiger partial charge in [-0.25, -0.2) is 9.97 Å². The number of hydrogen-bond acceptors (Lipinski definition) is 4. The second kappa shape index (κ2) is 7.99. The maximum Gasteiger partial charge on any atom is 0.159 e. The molecular weight excluding hydrogens is 391 g/mol. The topological polar surface area (TPSA) is 41.1 Å². The SMILES string of the molecule is Cl.Cl.Clc1ccc(-c2ncc(CN3[C@@H]4CC[C@H]3[C@H]3CNC[C@H]34)cn2)cc1. The number of aromatic nitrogens is 2. The number of nitrogens with zero attached hydrogens (tertiary/aromatic N) is 3. The van der Waals surface area contributed by atoms with Crippen molar-refractivity contribution in [2.24, 2.45) is 11.8 Å². The first-order chi connectivity index (χ1) is 11.8. The van der Waals surface area contributed by atoms with Gasteiger partial charge in [-0.05, 0) is 62.0 Å². The molecule has 3 saturated heterocycles. The van der Waals surface area contributed by atoms with E-state index in [4.69, 9.17) is 11.6 Å². The van der Waals surface area contributed by atoms with E-state index in [-0.39, 0.29) is 24.8 Å². The summed E-state index contributed by atoms with van der Waals surface area (Å²) in [6.07, 6.45) is 6.69. The molecule has 4 nitrogen and oxygen atoms in total. The van der Waals surface area contributed by atoms with Crippen LogP contribution in [0.15, 0.2) is 36.7 Å². The second-order valence-electron chi connectivity index (χ2n) is 7.29. The molecule has 0 spiro atoms. The summed E-state index contributed by atoms with van der Waals surface area (Å²) in [7, 11) is 0. The average molecular weight is 414 g/mol. The predicted molar refractivity (Wildman–Crippen MR) is 109 cm³/mol. The molecule has 3 aliphatic rings. The molecule has 0 unspecified atom stereocenters. The van der Waals surface area contributed by atoms with Gasteiger partial charge in [-0.1, -0.05) is 11.6 Å². The van der Waals surface area contributed by atoms with E-state index in [9.17, 15) is 0 Å². The van der Waals surface area contributed by atoms with Gasteiger partial charge in [-0.15, -0.1) is 24.8 Å². The quantitative estimate of drug-likeness (QED) is 0.830. The summed E-state index contributed by atoms with van der Waals surface area (Å²) in [4.78, 5) is 11.9. The van der Waals surface area contributed by atoms with E-state index < -0.39 is 0 Å². The molecule has 1 aromatic heterocycles. The van der Waals surface area contributed by atoms with Gasteiger partial charge < -0.3 is 5.32 Å². The van der Waals surface area contributed by atoms with Crippen molar-refractivity contribution in [3.63, 3.8) is 0 Å². The van der Waals surface area contributed by atoms with Crippen LogP contribution in [0, 0.1) is 11.8 Å². The first-order valence-electron chi connectivity index (χ1n) is 8.83. The molecule has 0 amide bonds. The number of fused-ring (bicyclic) bond motifs is 5. The fraction of sp³-hybridized carbons (Fsp3) is 0.474. The normalized spacial score (nSPS) is 29.1. The lowest BCUT2D eigenvalue weighted by Crippen LogP contribution is -2.33. The minimum atomic E-state index is 0. The highest BCUT2D eigenvalue weighted by Gasteiger charge is 2.54. The third kappa shape index (κ3) is 3.34. The number of hydrogen-bond donors (Lipinski definition) is 1. The van der Waals surface area contributed by atoms with Gasteiger partial charge in [-0.2, -0.15) is 0 Å². The van der Waals surface area contributed by atoms with Crippen LogP contribution in [0.1, 0.15) is 18.4 Å². The van der Waals surface area contributed by atoms with Crippen LogP contribution in [0.5, 0.6) is 0 Å². The summed E-state index contributed by atoms with van der Waals surface area (Å²) in [5.41, 5.74) is 2.23. The zero-order valence-electron chi connectivity index (χ0n) is 14.3. The van der Waals surface area contributed by atoms with Gasteiger partial charge >= 0.3 is 0 Å². The Morgan fingerprint density at radius 1 is 0.962 bits per heavy atom. The Kier molecular flexibility index (Phi) is 6.10. The molecule has 0 aliphatic carbocycles. The average Bonchev–Trinajstić information content (AvgIpc) is 3.29. The molecular formula is C19H23Cl3N4. The molecule has 7 heteroatoms. The number of rotatable bonds is 3. The van der Waals surface area contributed by atoms with Crippen molar-refractivity contribution >= 4 is 36.4 Å². The summed E-state index contributed by atoms with van der Waals surface area (Å²) < 4.78 is 0. The molecule has 2 bridgehead atoms. The molecule has 3 aliphatic heterocycles. The van der Waals surface area contributed by atoms with Gasteiger partial charge in [0.1, 0.15) is 0 Å². The Morgan fingerprint density at radius 3 is 2.12 bits per heavy atom. The minimum Gasteiger partial charge on any atom is -0.316 e. The van der Waals surface area contributed by atoms with E-state index >= 15 is 0 Å². The van der Waals surface area contributed by atoms with Gasteiger partial charge in [0.05, 0.1) is 0 Å². The smallest absolute Gasteiger partial charge is 0.159 e. The fourth-order valence-corrected chi connectivity index (χ4v) is 5.16. The van der Waals surface area contributed by atoms with Crippen molar-refractivity contribution in [3.05, 3.63) is 47.2 Å². The summed E-state index contributed by atoms with van der Waals surface area (Å²) >= 11 is 5.94. The van der Waals surface area contributed by atoms with Crippen LogP contribution in [0.25, 0.3) is 11.4 Å². The lowest BCUT2D eigenvalue weighted by molar-refractivity contribution is 0.218. The molecule has 4 atom stereocenters. The van der Waals surface area contributed by atoms with Crippen molar-refractivity contribution in [1.29, 1.82) is 0 Å². The fourth-order valence-electron chi connectivity index (χ4n) is 5.03. The zero-order valence-corrected chi connectivity index (χ0v) is 16.7. The first-order valence-corrected chi connectivity index (χ1v) is 9.21. The van der Waals surface area contributed by atoms with E-state index in [1.54, 1.807) is 0 Å². The summed E-state index contributed by atoms with van der Waals surface area (Å²) in [5.74, 6) is 2.48. The van der Waals surface area contributed by atoms with E-state index in [0.29, 0.717) is 0 Å². The largest absolute Gasteiger partial charge is 0.316 e. The third-order valence-corrected chi connectivity index (χ3v) is 6.33. The van der Waals surface area contributed by atoms with Crippen LogP contribution >= 0.6 is 36.4 Å². The Bertz CT molecular complexity index is 719. The maximum absolute atomic E-state index is 5.94. The molecule has 2 aromatic rings. The van der Waals surface area contributed by atoms with Crippen molar-refractivity contribution in [2.75, 3.05) is 13.1 Å². The number of halogens is 3. The third-order valence-electron chi connectivity index (χ3n) is 6.08. The Balaban J connectivity index is 0.000000980. The molecule has 4 heterocycles. The second-order valence-corrected chi connectivity index (χ2v) is 7.73.